The van der Waals surface area contributed by atoms with Gasteiger partial charge in [0.1, 0.15) is 0 Å². The smallest absolute Gasteiger partial charge is 0.435 e. The predicted octanol–water partition coefficient (Wildman–Crippen LogP) is 2.51. The molecular formula is C9H10F6N4OS. The van der Waals surface area contributed by atoms with Crippen LogP contribution in [0.1, 0.15) is 11.3 Å². The van der Waals surface area contributed by atoms with Gasteiger partial charge in [0, 0.05) is 12.8 Å². The fraction of sp³-hybridized carbons (Fsp3) is 0.556. The van der Waals surface area contributed by atoms with Crippen LogP contribution >= 0.6 is 11.8 Å². The molecule has 1 rings (SSSR count). The summed E-state index contributed by atoms with van der Waals surface area (Å²) >= 11 is 0.522. The minimum Gasteiger partial charge on any atom is -0.468 e. The molecule has 0 amide bonds. The second-order valence-corrected chi connectivity index (χ2v) is 4.83. The number of hydrogen-bond donors (Lipinski definition) is 2. The van der Waals surface area contributed by atoms with Gasteiger partial charge in [-0.3, -0.25) is 5.41 Å². The van der Waals surface area contributed by atoms with E-state index in [9.17, 15) is 26.3 Å². The largest absolute Gasteiger partial charge is 0.468 e. The number of hydrogen-bond acceptors (Lipinski definition) is 4. The van der Waals surface area contributed by atoms with Crippen LogP contribution in [0.5, 0.6) is 5.88 Å². The van der Waals surface area contributed by atoms with Crippen LogP contribution in [-0.4, -0.2) is 27.7 Å². The van der Waals surface area contributed by atoms with Crippen molar-refractivity contribution in [1.82, 2.24) is 9.78 Å². The maximum absolute atomic E-state index is 12.8. The molecule has 12 heteroatoms. The summed E-state index contributed by atoms with van der Waals surface area (Å²) in [6.07, 6.45) is -9.56. The fourth-order valence-corrected chi connectivity index (χ4v) is 1.95. The van der Waals surface area contributed by atoms with Crippen LogP contribution in [0.3, 0.4) is 0 Å². The average Bonchev–Trinajstić information content (AvgIpc) is 2.59. The van der Waals surface area contributed by atoms with Crippen molar-refractivity contribution in [3.63, 3.8) is 0 Å². The van der Waals surface area contributed by atoms with E-state index in [0.29, 0.717) is 16.4 Å². The summed E-state index contributed by atoms with van der Waals surface area (Å²) in [4.78, 5) is 0. The molecule has 0 aliphatic rings. The Hall–Kier alpha value is -1.59. The first kappa shape index (κ1) is 17.5. The number of nitrogens with zero attached hydrogens (tertiary/aromatic N) is 2. The van der Waals surface area contributed by atoms with E-state index in [0.717, 1.165) is 7.05 Å². The molecule has 0 radical (unpaired) electrons. The van der Waals surface area contributed by atoms with Gasteiger partial charge in [0.05, 0.1) is 5.56 Å². The van der Waals surface area contributed by atoms with Crippen molar-refractivity contribution in [1.29, 1.82) is 5.41 Å². The topological polar surface area (TPSA) is 76.9 Å². The van der Waals surface area contributed by atoms with Crippen molar-refractivity contribution in [2.24, 2.45) is 12.8 Å². The minimum absolute atomic E-state index is 0.478. The van der Waals surface area contributed by atoms with E-state index in [2.05, 4.69) is 9.84 Å². The van der Waals surface area contributed by atoms with Crippen molar-refractivity contribution >= 4 is 16.9 Å². The molecule has 1 heterocycles. The average molecular weight is 336 g/mol. The number of nitrogens with two attached hydrogens (primary N) is 1. The summed E-state index contributed by atoms with van der Waals surface area (Å²) < 4.78 is 79.7. The third kappa shape index (κ3) is 5.02. The van der Waals surface area contributed by atoms with Crippen molar-refractivity contribution < 1.29 is 31.1 Å². The Bertz CT molecular complexity index is 524. The van der Waals surface area contributed by atoms with Gasteiger partial charge in [0.15, 0.2) is 17.5 Å². The van der Waals surface area contributed by atoms with E-state index in [-0.39, 0.29) is 0 Å². The number of amidine groups is 1. The van der Waals surface area contributed by atoms with Crippen LogP contribution in [-0.2, 0) is 19.0 Å². The Kier molecular flexibility index (Phi) is 5.02. The van der Waals surface area contributed by atoms with Crippen LogP contribution < -0.4 is 10.5 Å². The standard InChI is InChI=1S/C9H10F6N4OS/c1-19-6(20-3-8(10,11)12)4(2-21-7(16)17)5(18-19)9(13,14)15/h2-3H2,1H3,(H3,16,17). The van der Waals surface area contributed by atoms with Gasteiger partial charge >= 0.3 is 12.4 Å². The number of aromatic nitrogens is 2. The van der Waals surface area contributed by atoms with Crippen molar-refractivity contribution in [3.8, 4) is 5.88 Å². The zero-order valence-electron chi connectivity index (χ0n) is 10.5. The van der Waals surface area contributed by atoms with Gasteiger partial charge in [-0.2, -0.15) is 31.4 Å². The molecule has 21 heavy (non-hydrogen) atoms. The van der Waals surface area contributed by atoms with Crippen molar-refractivity contribution in [2.45, 2.75) is 18.1 Å². The van der Waals surface area contributed by atoms with Crippen molar-refractivity contribution in [2.75, 3.05) is 6.61 Å². The first-order valence-electron chi connectivity index (χ1n) is 5.21. The molecule has 1 aromatic rings. The van der Waals surface area contributed by atoms with Gasteiger partial charge < -0.3 is 10.5 Å². The number of rotatable bonds is 4. The van der Waals surface area contributed by atoms with Crippen LogP contribution in [0.15, 0.2) is 0 Å². The molecule has 3 N–H and O–H groups in total. The van der Waals surface area contributed by atoms with E-state index >= 15 is 0 Å². The predicted molar refractivity (Wildman–Crippen MR) is 63.0 cm³/mol. The lowest BCUT2D eigenvalue weighted by Crippen LogP contribution is -2.20. The van der Waals surface area contributed by atoms with E-state index < -0.39 is 47.0 Å². The SMILES string of the molecule is Cn1nc(C(F)(F)F)c(CSC(=N)N)c1OCC(F)(F)F. The molecule has 120 valence electrons. The van der Waals surface area contributed by atoms with E-state index in [1.165, 1.54) is 0 Å². The third-order valence-electron chi connectivity index (χ3n) is 2.10. The van der Waals surface area contributed by atoms with Crippen molar-refractivity contribution in [3.05, 3.63) is 11.3 Å². The molecule has 0 spiro atoms. The minimum atomic E-state index is -4.86. The second kappa shape index (κ2) is 6.03. The maximum atomic E-state index is 12.8. The summed E-state index contributed by atoms with van der Waals surface area (Å²) in [6, 6.07) is 0. The summed E-state index contributed by atoms with van der Waals surface area (Å²) in [7, 11) is 1.03. The summed E-state index contributed by atoms with van der Waals surface area (Å²) in [5.41, 5.74) is 3.06. The van der Waals surface area contributed by atoms with E-state index in [1.54, 1.807) is 0 Å². The Balaban J connectivity index is 3.15. The molecule has 0 aliphatic carbocycles. The van der Waals surface area contributed by atoms with Crippen LogP contribution in [0.4, 0.5) is 26.3 Å². The van der Waals surface area contributed by atoms with Crippen LogP contribution in [0.25, 0.3) is 0 Å². The van der Waals surface area contributed by atoms with Gasteiger partial charge in [0.2, 0.25) is 5.88 Å². The summed E-state index contributed by atoms with van der Waals surface area (Å²) in [5, 5.41) is 9.62. The zero-order chi connectivity index (χ0) is 16.4. The van der Waals surface area contributed by atoms with E-state index in [4.69, 9.17) is 11.1 Å². The summed E-state index contributed by atoms with van der Waals surface area (Å²) in [5.74, 6) is -1.14. The lowest BCUT2D eigenvalue weighted by Gasteiger charge is -2.11. The number of ether oxygens (including phenoxy) is 1. The maximum Gasteiger partial charge on any atom is 0.435 e. The molecule has 0 atom stereocenters. The molecule has 1 aromatic heterocycles. The highest BCUT2D eigenvalue weighted by Gasteiger charge is 2.40. The van der Waals surface area contributed by atoms with Gasteiger partial charge in [-0.05, 0) is 0 Å². The molecule has 0 fully saturated rings. The fourth-order valence-electron chi connectivity index (χ4n) is 1.39. The van der Waals surface area contributed by atoms with Crippen LogP contribution in [0, 0.1) is 5.41 Å². The Morgan fingerprint density at radius 3 is 2.33 bits per heavy atom. The monoisotopic (exact) mass is 336 g/mol. The van der Waals surface area contributed by atoms with E-state index in [1.807, 2.05) is 0 Å². The van der Waals surface area contributed by atoms with Gasteiger partial charge in [-0.25, -0.2) is 4.68 Å². The van der Waals surface area contributed by atoms with Crippen LogP contribution in [0.2, 0.25) is 0 Å². The Labute approximate surface area is 118 Å². The van der Waals surface area contributed by atoms with Gasteiger partial charge in [-0.1, -0.05) is 11.8 Å². The molecule has 0 unspecified atom stereocenters. The summed E-state index contributed by atoms with van der Waals surface area (Å²) in [6.45, 7) is -1.75. The third-order valence-corrected chi connectivity index (χ3v) is 2.85. The van der Waals surface area contributed by atoms with Gasteiger partial charge in [-0.15, -0.1) is 0 Å². The molecule has 0 saturated heterocycles. The normalized spacial score (nSPS) is 12.5. The molecule has 0 bridgehead atoms. The lowest BCUT2D eigenvalue weighted by molar-refractivity contribution is -0.154. The molecular weight excluding hydrogens is 326 g/mol. The lowest BCUT2D eigenvalue weighted by atomic mass is 10.2. The molecule has 0 aliphatic heterocycles. The number of nitrogens with one attached hydrogen (secondary N) is 1. The van der Waals surface area contributed by atoms with Gasteiger partial charge in [0.25, 0.3) is 0 Å². The highest BCUT2D eigenvalue weighted by atomic mass is 32.2. The number of halogens is 6. The Morgan fingerprint density at radius 2 is 1.90 bits per heavy atom. The number of alkyl halides is 6. The first-order chi connectivity index (χ1) is 9.42. The number of thioether (sulfide) groups is 1. The highest BCUT2D eigenvalue weighted by Crippen LogP contribution is 2.37. The first-order valence-corrected chi connectivity index (χ1v) is 6.20. The Morgan fingerprint density at radius 1 is 1.33 bits per heavy atom. The quantitative estimate of drug-likeness (QED) is 0.503. The number of aryl methyl sites for hydroxylation is 1. The molecule has 0 saturated carbocycles. The second-order valence-electron chi connectivity index (χ2n) is 3.81. The zero-order valence-corrected chi connectivity index (χ0v) is 11.3. The molecule has 0 aromatic carbocycles. The highest BCUT2D eigenvalue weighted by molar-refractivity contribution is 8.13. The molecule has 5 nitrogen and oxygen atoms in total.